The Labute approximate surface area is 127 Å². The van der Waals surface area contributed by atoms with Crippen LogP contribution >= 0.6 is 11.3 Å². The van der Waals surface area contributed by atoms with E-state index in [9.17, 15) is 16.8 Å². The molecule has 1 N–H and O–H groups in total. The number of aliphatic imine (C=N–C) groups is 1. The summed E-state index contributed by atoms with van der Waals surface area (Å²) in [6.07, 6.45) is 1.62. The van der Waals surface area contributed by atoms with E-state index >= 15 is 0 Å². The van der Waals surface area contributed by atoms with Gasteiger partial charge in [-0.2, -0.15) is 0 Å². The van der Waals surface area contributed by atoms with E-state index in [1.807, 2.05) is 17.5 Å². The number of carbonyl (C=O) groups excluding carboxylic acids is 1. The molecule has 0 fully saturated rings. The lowest BCUT2D eigenvalue weighted by atomic mass is 10.2. The monoisotopic (exact) mass is 405 g/mol. The Morgan fingerprint density at radius 1 is 1.40 bits per heavy atom. The number of rotatable bonds is 4. The molecule has 0 spiro atoms. The van der Waals surface area contributed by atoms with Gasteiger partial charge in [-0.05, 0) is 23.6 Å². The first-order chi connectivity index (χ1) is 9.56. The average Bonchev–Trinajstić information content (AvgIpc) is 2.88. The highest BCUT2D eigenvalue weighted by Crippen LogP contribution is 2.24. The summed E-state index contributed by atoms with van der Waals surface area (Å²) in [5.74, 6) is -1.47. The Morgan fingerprint density at radius 3 is 2.80 bits per heavy atom. The van der Waals surface area contributed by atoms with Crippen LogP contribution in [0.25, 0.3) is 0 Å². The average molecular weight is 405 g/mol. The highest BCUT2D eigenvalue weighted by molar-refractivity contribution is 7.11. The standard InChI is InChI=1S/C12H8INO5S/c15-11-6-8(14-7-9-2-1-5-20-9)3-4-10(11)12(16)19-13(17)18/h1-7,15H. The number of hydrogen-bond donors (Lipinski definition) is 1. The summed E-state index contributed by atoms with van der Waals surface area (Å²) in [6.45, 7) is 0. The van der Waals surface area contributed by atoms with E-state index in [-0.39, 0.29) is 11.3 Å². The summed E-state index contributed by atoms with van der Waals surface area (Å²) in [5.41, 5.74) is 0.223. The quantitative estimate of drug-likeness (QED) is 0.446. The van der Waals surface area contributed by atoms with Crippen LogP contribution in [0.4, 0.5) is 5.69 Å². The molecule has 1 aromatic carbocycles. The third-order valence-electron chi connectivity index (χ3n) is 2.22. The second-order valence-electron chi connectivity index (χ2n) is 3.53. The van der Waals surface area contributed by atoms with Crippen molar-refractivity contribution in [2.24, 2.45) is 4.99 Å². The maximum atomic E-state index is 11.4. The zero-order valence-electron chi connectivity index (χ0n) is 9.86. The second-order valence-corrected chi connectivity index (χ2v) is 6.03. The summed E-state index contributed by atoms with van der Waals surface area (Å²) in [6, 6.07) is 7.77. The fourth-order valence-electron chi connectivity index (χ4n) is 1.37. The van der Waals surface area contributed by atoms with Crippen LogP contribution in [-0.4, -0.2) is 17.3 Å². The molecule has 8 heteroatoms. The molecule has 1 heterocycles. The minimum absolute atomic E-state index is 0.214. The molecule has 0 aliphatic heterocycles. The fourth-order valence-corrected chi connectivity index (χ4v) is 2.52. The van der Waals surface area contributed by atoms with Crippen molar-refractivity contribution in [3.8, 4) is 5.75 Å². The van der Waals surface area contributed by atoms with E-state index in [1.54, 1.807) is 6.21 Å². The van der Waals surface area contributed by atoms with Gasteiger partial charge in [0.2, 0.25) is 0 Å². The molecular weight excluding hydrogens is 397 g/mol. The minimum Gasteiger partial charge on any atom is -0.507 e. The van der Waals surface area contributed by atoms with Gasteiger partial charge in [-0.25, -0.2) is 4.79 Å². The molecule has 2 aromatic rings. The third kappa shape index (κ3) is 4.00. The van der Waals surface area contributed by atoms with Gasteiger partial charge >= 0.3 is 27.0 Å². The molecule has 0 unspecified atom stereocenters. The third-order valence-corrected chi connectivity index (χ3v) is 3.78. The molecule has 6 nitrogen and oxygen atoms in total. The summed E-state index contributed by atoms with van der Waals surface area (Å²) in [5, 5.41) is 11.6. The topological polar surface area (TPSA) is 105 Å². The van der Waals surface area contributed by atoms with Crippen LogP contribution in [0.3, 0.4) is 0 Å². The number of carbonyl (C=O) groups is 1. The lowest BCUT2D eigenvalue weighted by molar-refractivity contribution is -1.62. The molecule has 104 valence electrons. The van der Waals surface area contributed by atoms with Gasteiger partial charge in [0.25, 0.3) is 0 Å². The first-order valence-electron chi connectivity index (χ1n) is 5.25. The maximum absolute atomic E-state index is 11.4. The number of aromatic hydroxyl groups is 1. The van der Waals surface area contributed by atoms with Crippen LogP contribution in [0.2, 0.25) is 0 Å². The minimum atomic E-state index is -4.13. The van der Waals surface area contributed by atoms with Crippen molar-refractivity contribution in [3.63, 3.8) is 0 Å². The SMILES string of the molecule is O=C(O[I+2]([O-])[O-])c1ccc(N=Cc2cccs2)cc1O. The Balaban J connectivity index is 2.15. The van der Waals surface area contributed by atoms with Crippen molar-refractivity contribution in [1.29, 1.82) is 0 Å². The van der Waals surface area contributed by atoms with Gasteiger partial charge in [-0.1, -0.05) is 6.07 Å². The molecule has 1 aromatic heterocycles. The number of benzene rings is 1. The molecule has 2 rings (SSSR count). The van der Waals surface area contributed by atoms with E-state index < -0.39 is 27.0 Å². The maximum Gasteiger partial charge on any atom is 0.575 e. The predicted molar refractivity (Wildman–Crippen MR) is 65.1 cm³/mol. The Bertz CT molecular complexity index is 627. The second kappa shape index (κ2) is 6.79. The molecule has 0 amide bonds. The molecule has 0 atom stereocenters. The van der Waals surface area contributed by atoms with Gasteiger partial charge in [0.05, 0.1) is 5.69 Å². The zero-order chi connectivity index (χ0) is 14.5. The van der Waals surface area contributed by atoms with Crippen molar-refractivity contribution in [1.82, 2.24) is 0 Å². The highest BCUT2D eigenvalue weighted by atomic mass is 127. The Morgan fingerprint density at radius 2 is 2.20 bits per heavy atom. The lowest BCUT2D eigenvalue weighted by Gasteiger charge is -2.00. The van der Waals surface area contributed by atoms with Gasteiger partial charge in [0, 0.05) is 17.2 Å². The van der Waals surface area contributed by atoms with Gasteiger partial charge in [-0.3, -0.25) is 4.99 Å². The van der Waals surface area contributed by atoms with Gasteiger partial charge in [0.1, 0.15) is 11.3 Å². The summed E-state index contributed by atoms with van der Waals surface area (Å²) < 4.78 is 24.8. The highest BCUT2D eigenvalue weighted by Gasteiger charge is 2.25. The summed E-state index contributed by atoms with van der Waals surface area (Å²) in [4.78, 5) is 16.4. The molecule has 0 saturated carbocycles. The molecule has 20 heavy (non-hydrogen) atoms. The van der Waals surface area contributed by atoms with E-state index in [2.05, 4.69) is 8.06 Å². The van der Waals surface area contributed by atoms with Crippen LogP contribution < -0.4 is 27.9 Å². The Hall–Kier alpha value is -1.49. The van der Waals surface area contributed by atoms with Crippen LogP contribution in [-0.2, 0) is 3.07 Å². The number of nitrogens with zero attached hydrogens (tertiary/aromatic N) is 1. The molecular formula is C12H8INO5S. The smallest absolute Gasteiger partial charge is 0.507 e. The van der Waals surface area contributed by atoms with E-state index in [0.717, 1.165) is 4.88 Å². The van der Waals surface area contributed by atoms with E-state index in [4.69, 9.17) is 0 Å². The molecule has 0 aliphatic rings. The van der Waals surface area contributed by atoms with Crippen molar-refractivity contribution in [2.45, 2.75) is 0 Å². The summed E-state index contributed by atoms with van der Waals surface area (Å²) in [7, 11) is 0. The van der Waals surface area contributed by atoms with Crippen LogP contribution in [0.5, 0.6) is 5.75 Å². The van der Waals surface area contributed by atoms with Crippen molar-refractivity contribution >= 4 is 29.2 Å². The number of thiophene rings is 1. The number of phenols is 1. The lowest BCUT2D eigenvalue weighted by Crippen LogP contribution is -3.99. The van der Waals surface area contributed by atoms with Gasteiger partial charge < -0.3 is 12.0 Å². The van der Waals surface area contributed by atoms with Crippen LogP contribution in [0.15, 0.2) is 40.7 Å². The number of halogens is 1. The largest absolute Gasteiger partial charge is 0.575 e. The molecule has 0 aliphatic carbocycles. The summed E-state index contributed by atoms with van der Waals surface area (Å²) >= 11 is -2.62. The number of hydrogen-bond acceptors (Lipinski definition) is 7. The van der Waals surface area contributed by atoms with Gasteiger partial charge in [0.15, 0.2) is 0 Å². The van der Waals surface area contributed by atoms with Crippen molar-refractivity contribution in [2.75, 3.05) is 0 Å². The first kappa shape index (κ1) is 14.9. The number of phenolic OH excluding ortho intramolecular Hbond substituents is 1. The van der Waals surface area contributed by atoms with Crippen molar-refractivity contribution < 1.29 is 40.9 Å². The predicted octanol–water partition coefficient (Wildman–Crippen LogP) is -2.55. The van der Waals surface area contributed by atoms with Crippen molar-refractivity contribution in [3.05, 3.63) is 46.2 Å². The fraction of sp³-hybridized carbons (Fsp3) is 0. The normalized spacial score (nSPS) is 11.2. The molecule has 0 saturated heterocycles. The van der Waals surface area contributed by atoms with Crippen LogP contribution in [0, 0.1) is 0 Å². The molecule has 0 bridgehead atoms. The van der Waals surface area contributed by atoms with E-state index in [1.165, 1.54) is 29.5 Å². The Kier molecular flexibility index (Phi) is 5.06. The van der Waals surface area contributed by atoms with Crippen LogP contribution in [0.1, 0.15) is 15.2 Å². The molecule has 0 radical (unpaired) electrons. The first-order valence-corrected chi connectivity index (χ1v) is 8.77. The zero-order valence-corrected chi connectivity index (χ0v) is 12.8. The van der Waals surface area contributed by atoms with E-state index in [0.29, 0.717) is 5.69 Å². The van der Waals surface area contributed by atoms with Gasteiger partial charge in [-0.15, -0.1) is 14.4 Å².